The van der Waals surface area contributed by atoms with Gasteiger partial charge in [0.2, 0.25) is 0 Å². The van der Waals surface area contributed by atoms with Crippen molar-refractivity contribution in [2.75, 3.05) is 0 Å². The molecule has 0 fully saturated rings. The average molecular weight is 280 g/mol. The van der Waals surface area contributed by atoms with Crippen LogP contribution in [0, 0.1) is 24.0 Å². The first-order valence-electron chi connectivity index (χ1n) is 6.15. The molecular formula is C16H22Zn. The maximum absolute atomic E-state index is 3.26. The van der Waals surface area contributed by atoms with Crippen molar-refractivity contribution in [2.45, 2.75) is 40.5 Å². The standard InChI is InChI=1S/2C8H11.Zn/c2*1-7(2)8-5-3-4-6-8;/h2*3,5,7H,4H2,1-2H3;/q2*-1;+2. The Labute approximate surface area is 119 Å². The molecule has 0 spiro atoms. The van der Waals surface area contributed by atoms with Gasteiger partial charge in [-0.2, -0.15) is 12.2 Å². The molecule has 0 nitrogen and oxygen atoms in total. The minimum atomic E-state index is 0. The zero-order chi connectivity index (χ0) is 12.0. The van der Waals surface area contributed by atoms with Crippen molar-refractivity contribution in [3.05, 3.63) is 47.6 Å². The van der Waals surface area contributed by atoms with Crippen LogP contribution < -0.4 is 0 Å². The Morgan fingerprint density at radius 1 is 0.824 bits per heavy atom. The van der Waals surface area contributed by atoms with Crippen LogP contribution in [0.25, 0.3) is 0 Å². The quantitative estimate of drug-likeness (QED) is 0.509. The van der Waals surface area contributed by atoms with Crippen LogP contribution in [-0.2, 0) is 19.5 Å². The summed E-state index contributed by atoms with van der Waals surface area (Å²) >= 11 is 0. The third-order valence-electron chi connectivity index (χ3n) is 2.69. The maximum atomic E-state index is 3.26. The Hall–Kier alpha value is -0.417. The van der Waals surface area contributed by atoms with E-state index < -0.39 is 0 Å². The van der Waals surface area contributed by atoms with Crippen LogP contribution in [0.4, 0.5) is 0 Å². The molecule has 1 heteroatoms. The van der Waals surface area contributed by atoms with Gasteiger partial charge >= 0.3 is 19.5 Å². The first-order chi connectivity index (χ1) is 7.61. The van der Waals surface area contributed by atoms with Crippen molar-refractivity contribution in [1.82, 2.24) is 0 Å². The molecular weight excluding hydrogens is 258 g/mol. The van der Waals surface area contributed by atoms with Gasteiger partial charge in [0.1, 0.15) is 0 Å². The van der Waals surface area contributed by atoms with Gasteiger partial charge in [0, 0.05) is 0 Å². The van der Waals surface area contributed by atoms with Crippen LogP contribution >= 0.6 is 0 Å². The second-order valence-electron chi connectivity index (χ2n) is 4.79. The molecule has 0 unspecified atom stereocenters. The molecule has 0 saturated heterocycles. The molecule has 2 aliphatic carbocycles. The van der Waals surface area contributed by atoms with Crippen LogP contribution in [0.5, 0.6) is 0 Å². The molecule has 0 radical (unpaired) electrons. The van der Waals surface area contributed by atoms with Crippen LogP contribution in [0.1, 0.15) is 40.5 Å². The predicted octanol–water partition coefficient (Wildman–Crippen LogP) is 4.66. The van der Waals surface area contributed by atoms with E-state index in [1.807, 2.05) is 0 Å². The molecule has 0 aliphatic heterocycles. The van der Waals surface area contributed by atoms with Gasteiger partial charge in [-0.25, -0.2) is 23.3 Å². The summed E-state index contributed by atoms with van der Waals surface area (Å²) < 4.78 is 0. The van der Waals surface area contributed by atoms with Crippen LogP contribution in [0.2, 0.25) is 0 Å². The van der Waals surface area contributed by atoms with E-state index in [4.69, 9.17) is 0 Å². The molecule has 0 heterocycles. The zero-order valence-corrected chi connectivity index (χ0v) is 14.6. The van der Waals surface area contributed by atoms with Gasteiger partial charge in [0.25, 0.3) is 0 Å². The van der Waals surface area contributed by atoms with Crippen molar-refractivity contribution in [2.24, 2.45) is 11.8 Å². The average Bonchev–Trinajstić information content (AvgIpc) is 2.93. The number of hydrogen-bond acceptors (Lipinski definition) is 0. The Bertz CT molecular complexity index is 293. The molecule has 0 N–H and O–H groups in total. The summed E-state index contributed by atoms with van der Waals surface area (Å²) in [5.41, 5.74) is 2.73. The molecule has 2 rings (SSSR count). The SMILES string of the molecule is CC(C)C1=[C-]CC=C1.CC(C)C1=[C-]CC=C1.[Zn+2]. The summed E-state index contributed by atoms with van der Waals surface area (Å²) in [4.78, 5) is 0. The molecule has 0 aromatic rings. The fraction of sp³-hybridized carbons (Fsp3) is 0.500. The number of allylic oxidation sites excluding steroid dienone is 8. The Kier molecular flexibility index (Phi) is 8.43. The Balaban J connectivity index is 0.000000284. The van der Waals surface area contributed by atoms with E-state index >= 15 is 0 Å². The second-order valence-corrected chi connectivity index (χ2v) is 4.79. The Morgan fingerprint density at radius 3 is 1.29 bits per heavy atom. The number of hydrogen-bond donors (Lipinski definition) is 0. The Morgan fingerprint density at radius 2 is 1.18 bits per heavy atom. The van der Waals surface area contributed by atoms with Crippen molar-refractivity contribution in [1.29, 1.82) is 0 Å². The molecule has 0 saturated carbocycles. The summed E-state index contributed by atoms with van der Waals surface area (Å²) in [5.74, 6) is 1.32. The maximum Gasteiger partial charge on any atom is 2.00 e. The minimum Gasteiger partial charge on any atom is -0.269 e. The third kappa shape index (κ3) is 6.17. The summed E-state index contributed by atoms with van der Waals surface area (Å²) in [6, 6.07) is 0. The third-order valence-corrected chi connectivity index (χ3v) is 2.69. The fourth-order valence-corrected chi connectivity index (χ4v) is 1.64. The molecule has 17 heavy (non-hydrogen) atoms. The van der Waals surface area contributed by atoms with Crippen LogP contribution in [0.15, 0.2) is 35.5 Å². The van der Waals surface area contributed by atoms with Crippen molar-refractivity contribution < 1.29 is 19.5 Å². The molecule has 0 atom stereocenters. The fourth-order valence-electron chi connectivity index (χ4n) is 1.64. The van der Waals surface area contributed by atoms with Gasteiger partial charge in [-0.15, -0.1) is 12.8 Å². The van der Waals surface area contributed by atoms with Gasteiger partial charge < -0.3 is 0 Å². The van der Waals surface area contributed by atoms with E-state index in [2.05, 4.69) is 64.2 Å². The summed E-state index contributed by atoms with van der Waals surface area (Å²) in [5, 5.41) is 0. The topological polar surface area (TPSA) is 0 Å². The van der Waals surface area contributed by atoms with Gasteiger partial charge in [0.05, 0.1) is 0 Å². The monoisotopic (exact) mass is 278 g/mol. The van der Waals surface area contributed by atoms with Crippen LogP contribution in [0.3, 0.4) is 0 Å². The molecule has 0 aromatic heterocycles. The van der Waals surface area contributed by atoms with Crippen molar-refractivity contribution >= 4 is 0 Å². The molecule has 0 aromatic carbocycles. The molecule has 0 amide bonds. The van der Waals surface area contributed by atoms with Crippen molar-refractivity contribution in [3.8, 4) is 0 Å². The van der Waals surface area contributed by atoms with E-state index in [0.717, 1.165) is 12.8 Å². The normalized spacial score (nSPS) is 16.6. The first-order valence-corrected chi connectivity index (χ1v) is 6.15. The summed E-state index contributed by atoms with van der Waals surface area (Å²) in [6.07, 6.45) is 17.2. The van der Waals surface area contributed by atoms with Gasteiger partial charge in [0.15, 0.2) is 0 Å². The van der Waals surface area contributed by atoms with Gasteiger partial charge in [-0.1, -0.05) is 39.5 Å². The van der Waals surface area contributed by atoms with E-state index in [0.29, 0.717) is 11.8 Å². The van der Waals surface area contributed by atoms with Crippen LogP contribution in [-0.4, -0.2) is 0 Å². The summed E-state index contributed by atoms with van der Waals surface area (Å²) in [7, 11) is 0. The first kappa shape index (κ1) is 16.6. The largest absolute Gasteiger partial charge is 2.00 e. The second kappa shape index (κ2) is 8.64. The predicted molar refractivity (Wildman–Crippen MR) is 70.7 cm³/mol. The molecule has 2 aliphatic rings. The van der Waals surface area contributed by atoms with E-state index in [1.54, 1.807) is 0 Å². The minimum absolute atomic E-state index is 0. The van der Waals surface area contributed by atoms with E-state index in [-0.39, 0.29) is 19.5 Å². The van der Waals surface area contributed by atoms with Gasteiger partial charge in [-0.3, -0.25) is 12.2 Å². The number of rotatable bonds is 2. The zero-order valence-electron chi connectivity index (χ0n) is 11.6. The van der Waals surface area contributed by atoms with Crippen molar-refractivity contribution in [3.63, 3.8) is 0 Å². The molecule has 0 bridgehead atoms. The van der Waals surface area contributed by atoms with Gasteiger partial charge in [-0.05, 0) is 0 Å². The van der Waals surface area contributed by atoms with E-state index in [9.17, 15) is 0 Å². The summed E-state index contributed by atoms with van der Waals surface area (Å²) in [6.45, 7) is 8.77. The van der Waals surface area contributed by atoms with E-state index in [1.165, 1.54) is 11.1 Å². The molecule has 88 valence electrons. The smallest absolute Gasteiger partial charge is 0.269 e.